The van der Waals surface area contributed by atoms with Crippen molar-refractivity contribution >= 4 is 11.8 Å². The van der Waals surface area contributed by atoms with Crippen LogP contribution in [0.1, 0.15) is 40.9 Å². The molecule has 5 heteroatoms. The summed E-state index contributed by atoms with van der Waals surface area (Å²) in [6.07, 6.45) is -1.46. The lowest BCUT2D eigenvalue weighted by atomic mass is 9.98. The van der Waals surface area contributed by atoms with Crippen LogP contribution >= 0.6 is 0 Å². The summed E-state index contributed by atoms with van der Waals surface area (Å²) in [4.78, 5) is 22.0. The van der Waals surface area contributed by atoms with Gasteiger partial charge in [0, 0.05) is 17.5 Å². The average Bonchev–Trinajstić information content (AvgIpc) is 2.35. The Bertz CT molecular complexity index is 502. The fraction of sp³-hybridized carbons (Fsp3) is 0.250. The number of aliphatic hydroxyl groups excluding tert-OH is 1. The van der Waals surface area contributed by atoms with Crippen molar-refractivity contribution in [3.05, 3.63) is 34.9 Å². The summed E-state index contributed by atoms with van der Waals surface area (Å²) >= 11 is 0. The molecule has 0 amide bonds. The molecule has 5 nitrogen and oxygen atoms in total. The van der Waals surface area contributed by atoms with E-state index in [0.29, 0.717) is 12.0 Å². The number of carbonyl (C=O) groups excluding carboxylic acids is 1. The molecule has 1 aromatic rings. The van der Waals surface area contributed by atoms with E-state index in [4.69, 9.17) is 10.4 Å². The van der Waals surface area contributed by atoms with Crippen LogP contribution in [0.2, 0.25) is 0 Å². The van der Waals surface area contributed by atoms with Crippen molar-refractivity contribution in [3.8, 4) is 6.07 Å². The van der Waals surface area contributed by atoms with E-state index >= 15 is 0 Å². The van der Waals surface area contributed by atoms with Gasteiger partial charge in [-0.25, -0.2) is 4.79 Å². The number of carbonyl (C=O) groups is 2. The van der Waals surface area contributed by atoms with E-state index < -0.39 is 12.1 Å². The quantitative estimate of drug-likeness (QED) is 0.763. The molecule has 0 fully saturated rings. The predicted octanol–water partition coefficient (Wildman–Crippen LogP) is 1.27. The second-order valence-electron chi connectivity index (χ2n) is 3.43. The lowest BCUT2D eigenvalue weighted by Gasteiger charge is -2.08. The van der Waals surface area contributed by atoms with Gasteiger partial charge in [-0.15, -0.1) is 0 Å². The van der Waals surface area contributed by atoms with Gasteiger partial charge in [0.2, 0.25) is 0 Å². The molecule has 0 spiro atoms. The van der Waals surface area contributed by atoms with E-state index in [1.54, 1.807) is 13.0 Å². The normalized spacial score (nSPS) is 11.6. The highest BCUT2D eigenvalue weighted by molar-refractivity contribution is 5.96. The van der Waals surface area contributed by atoms with Crippen LogP contribution in [0.3, 0.4) is 0 Å². The van der Waals surface area contributed by atoms with Gasteiger partial charge in [0.25, 0.3) is 0 Å². The van der Waals surface area contributed by atoms with E-state index in [9.17, 15) is 14.7 Å². The number of hydrogen-bond donors (Lipinski definition) is 2. The lowest BCUT2D eigenvalue weighted by Crippen LogP contribution is -2.12. The van der Waals surface area contributed by atoms with Crippen LogP contribution in [0, 0.1) is 11.3 Å². The van der Waals surface area contributed by atoms with Crippen LogP contribution in [-0.4, -0.2) is 22.0 Å². The molecule has 0 saturated carbocycles. The zero-order chi connectivity index (χ0) is 13.0. The van der Waals surface area contributed by atoms with Gasteiger partial charge in [0.1, 0.15) is 0 Å². The van der Waals surface area contributed by atoms with E-state index in [0.717, 1.165) is 0 Å². The highest BCUT2D eigenvalue weighted by Crippen LogP contribution is 2.20. The molecule has 0 bridgehead atoms. The second-order valence-corrected chi connectivity index (χ2v) is 3.43. The summed E-state index contributed by atoms with van der Waals surface area (Å²) in [5.41, 5.74) is 0.331. The van der Waals surface area contributed by atoms with Crippen molar-refractivity contribution in [2.45, 2.75) is 19.4 Å². The number of rotatable bonds is 4. The fourth-order valence-electron chi connectivity index (χ4n) is 1.40. The highest BCUT2D eigenvalue weighted by atomic mass is 16.4. The number of hydrogen-bond acceptors (Lipinski definition) is 4. The Labute approximate surface area is 97.9 Å². The smallest absolute Gasteiger partial charge is 0.337 e. The third-order valence-corrected chi connectivity index (χ3v) is 2.35. The zero-order valence-corrected chi connectivity index (χ0v) is 9.17. The molecule has 0 aliphatic carbocycles. The third-order valence-electron chi connectivity index (χ3n) is 2.35. The van der Waals surface area contributed by atoms with Gasteiger partial charge in [-0.2, -0.15) is 5.26 Å². The summed E-state index contributed by atoms with van der Waals surface area (Å²) in [7, 11) is 0. The van der Waals surface area contributed by atoms with E-state index in [1.807, 2.05) is 0 Å². The first-order valence-corrected chi connectivity index (χ1v) is 4.99. The van der Waals surface area contributed by atoms with Gasteiger partial charge >= 0.3 is 5.97 Å². The molecule has 0 saturated heterocycles. The number of benzene rings is 1. The molecule has 0 aromatic heterocycles. The van der Waals surface area contributed by atoms with Gasteiger partial charge in [-0.05, 0) is 6.07 Å². The second kappa shape index (κ2) is 5.23. The van der Waals surface area contributed by atoms with Gasteiger partial charge in [-0.1, -0.05) is 19.1 Å². The molecular weight excluding hydrogens is 222 g/mol. The van der Waals surface area contributed by atoms with Crippen LogP contribution in [-0.2, 0) is 4.79 Å². The summed E-state index contributed by atoms with van der Waals surface area (Å²) < 4.78 is 0. The Hall–Kier alpha value is -2.19. The molecule has 0 aliphatic heterocycles. The summed E-state index contributed by atoms with van der Waals surface area (Å²) in [5.74, 6) is -1.58. The first-order chi connectivity index (χ1) is 8.01. The molecule has 0 radical (unpaired) electrons. The number of nitriles is 1. The standard InChI is InChI=1S/C12H11NO4/c1-2-10(14)7-3-4-9(8(5-7)6-13)11(15)12(16)17/h3-5,11,15H,2H2,1H3,(H,16,17). The minimum atomic E-state index is -1.75. The van der Waals surface area contributed by atoms with Crippen molar-refractivity contribution in [1.29, 1.82) is 5.26 Å². The Balaban J connectivity index is 3.24. The van der Waals surface area contributed by atoms with Gasteiger partial charge in [-0.3, -0.25) is 4.79 Å². The number of aliphatic hydroxyl groups is 1. The number of ketones is 1. The minimum absolute atomic E-state index is 0.000741. The predicted molar refractivity (Wildman–Crippen MR) is 58.4 cm³/mol. The zero-order valence-electron chi connectivity index (χ0n) is 9.17. The largest absolute Gasteiger partial charge is 0.479 e. The molecule has 1 unspecified atom stereocenters. The van der Waals surface area contributed by atoms with Crippen molar-refractivity contribution in [1.82, 2.24) is 0 Å². The molecule has 0 aliphatic rings. The van der Waals surface area contributed by atoms with Gasteiger partial charge in [0.05, 0.1) is 11.6 Å². The van der Waals surface area contributed by atoms with E-state index in [2.05, 4.69) is 0 Å². The SMILES string of the molecule is CCC(=O)c1ccc(C(O)C(=O)O)c(C#N)c1. The van der Waals surface area contributed by atoms with Crippen LogP contribution in [0.4, 0.5) is 0 Å². The third kappa shape index (κ3) is 2.68. The number of Topliss-reactive ketones (excluding diaryl/α,β-unsaturated/α-hetero) is 1. The van der Waals surface area contributed by atoms with Gasteiger partial charge < -0.3 is 10.2 Å². The Morgan fingerprint density at radius 1 is 1.47 bits per heavy atom. The first-order valence-electron chi connectivity index (χ1n) is 4.99. The highest BCUT2D eigenvalue weighted by Gasteiger charge is 2.20. The Kier molecular flexibility index (Phi) is 3.96. The molecule has 0 heterocycles. The molecule has 1 aromatic carbocycles. The monoisotopic (exact) mass is 233 g/mol. The summed E-state index contributed by atoms with van der Waals surface area (Å²) in [5, 5.41) is 26.9. The van der Waals surface area contributed by atoms with Crippen LogP contribution in [0.15, 0.2) is 18.2 Å². The van der Waals surface area contributed by atoms with Crippen molar-refractivity contribution < 1.29 is 19.8 Å². The topological polar surface area (TPSA) is 98.4 Å². The van der Waals surface area contributed by atoms with Crippen molar-refractivity contribution in [3.63, 3.8) is 0 Å². The number of carboxylic acids is 1. The van der Waals surface area contributed by atoms with Crippen LogP contribution in [0.5, 0.6) is 0 Å². The minimum Gasteiger partial charge on any atom is -0.479 e. The molecule has 88 valence electrons. The number of carboxylic acid groups (broad SMARTS) is 1. The van der Waals surface area contributed by atoms with Crippen molar-refractivity contribution in [2.75, 3.05) is 0 Å². The van der Waals surface area contributed by atoms with E-state index in [1.165, 1.54) is 18.2 Å². The maximum absolute atomic E-state index is 11.4. The molecule has 17 heavy (non-hydrogen) atoms. The summed E-state index contributed by atoms with van der Waals surface area (Å²) in [6.45, 7) is 1.69. The maximum atomic E-state index is 11.4. The first kappa shape index (κ1) is 12.9. The number of aliphatic carboxylic acids is 1. The lowest BCUT2D eigenvalue weighted by molar-refractivity contribution is -0.146. The fourth-order valence-corrected chi connectivity index (χ4v) is 1.40. The number of nitrogens with zero attached hydrogens (tertiary/aromatic N) is 1. The molecule has 1 rings (SSSR count). The average molecular weight is 233 g/mol. The Morgan fingerprint density at radius 2 is 2.12 bits per heavy atom. The van der Waals surface area contributed by atoms with Crippen LogP contribution in [0.25, 0.3) is 0 Å². The molecule has 1 atom stereocenters. The van der Waals surface area contributed by atoms with Crippen LogP contribution < -0.4 is 0 Å². The van der Waals surface area contributed by atoms with Gasteiger partial charge in [0.15, 0.2) is 11.9 Å². The Morgan fingerprint density at radius 3 is 2.59 bits per heavy atom. The molecular formula is C12H11NO4. The summed E-state index contributed by atoms with van der Waals surface area (Å²) in [6, 6.07) is 5.78. The van der Waals surface area contributed by atoms with E-state index in [-0.39, 0.29) is 16.9 Å². The molecule has 2 N–H and O–H groups in total. The van der Waals surface area contributed by atoms with Crippen molar-refractivity contribution in [2.24, 2.45) is 0 Å². The maximum Gasteiger partial charge on any atom is 0.337 e.